The molecule has 0 radical (unpaired) electrons. The van der Waals surface area contributed by atoms with Gasteiger partial charge < -0.3 is 19.7 Å². The fourth-order valence-corrected chi connectivity index (χ4v) is 1.60. The maximum atomic E-state index is 5.50. The second kappa shape index (κ2) is 4.88. The minimum atomic E-state index is 0.288. The van der Waals surface area contributed by atoms with Crippen LogP contribution in [0.3, 0.4) is 0 Å². The number of nitrogens with zero attached hydrogens (tertiary/aromatic N) is 1. The smallest absolute Gasteiger partial charge is 0.222 e. The van der Waals surface area contributed by atoms with E-state index in [1.807, 2.05) is 18.2 Å². The molecule has 0 aliphatic heterocycles. The third-order valence-corrected chi connectivity index (χ3v) is 2.34. The van der Waals surface area contributed by atoms with Gasteiger partial charge in [0.1, 0.15) is 11.4 Å². The van der Waals surface area contributed by atoms with Gasteiger partial charge in [0.2, 0.25) is 5.88 Å². The van der Waals surface area contributed by atoms with Crippen LogP contribution in [0.5, 0.6) is 5.75 Å². The van der Waals surface area contributed by atoms with E-state index in [1.54, 1.807) is 20.3 Å². The summed E-state index contributed by atoms with van der Waals surface area (Å²) in [6.45, 7) is 0.511. The number of benzene rings is 1. The van der Waals surface area contributed by atoms with Crippen molar-refractivity contribution in [2.45, 2.75) is 6.61 Å². The molecule has 5 nitrogen and oxygen atoms in total. The number of hydrogen-bond donors (Lipinski definition) is 1. The molecule has 0 atom stereocenters. The highest BCUT2D eigenvalue weighted by Gasteiger charge is 2.08. The van der Waals surface area contributed by atoms with Crippen LogP contribution in [-0.4, -0.2) is 19.4 Å². The maximum absolute atomic E-state index is 5.50. The standard InChI is InChI=1S/C12H14N2O3/c1-15-7-8-3-9(5-10(4-8)16-2)11-6-12(13)17-14-11/h3-6H,7,13H2,1-2H3. The first-order valence-electron chi connectivity index (χ1n) is 5.12. The molecule has 5 heteroatoms. The second-order valence-corrected chi connectivity index (χ2v) is 3.62. The van der Waals surface area contributed by atoms with Gasteiger partial charge in [0.15, 0.2) is 0 Å². The summed E-state index contributed by atoms with van der Waals surface area (Å²) < 4.78 is 15.2. The summed E-state index contributed by atoms with van der Waals surface area (Å²) in [5.41, 5.74) is 8.07. The largest absolute Gasteiger partial charge is 0.497 e. The first-order valence-corrected chi connectivity index (χ1v) is 5.12. The first-order chi connectivity index (χ1) is 8.22. The molecule has 1 heterocycles. The summed E-state index contributed by atoms with van der Waals surface area (Å²) in [7, 11) is 3.26. The van der Waals surface area contributed by atoms with Crippen LogP contribution in [0.1, 0.15) is 5.56 Å². The molecule has 0 saturated heterocycles. The van der Waals surface area contributed by atoms with Crippen molar-refractivity contribution in [1.29, 1.82) is 0 Å². The van der Waals surface area contributed by atoms with Gasteiger partial charge in [-0.1, -0.05) is 5.16 Å². The zero-order valence-electron chi connectivity index (χ0n) is 9.77. The monoisotopic (exact) mass is 234 g/mol. The number of hydrogen-bond acceptors (Lipinski definition) is 5. The number of nitrogen functional groups attached to an aromatic ring is 1. The molecule has 1 aromatic heterocycles. The van der Waals surface area contributed by atoms with Crippen molar-refractivity contribution in [3.8, 4) is 17.0 Å². The third-order valence-electron chi connectivity index (χ3n) is 2.34. The average molecular weight is 234 g/mol. The van der Waals surface area contributed by atoms with Crippen LogP contribution in [0.4, 0.5) is 5.88 Å². The first kappa shape index (κ1) is 11.5. The Morgan fingerprint density at radius 2 is 2.06 bits per heavy atom. The number of anilines is 1. The highest BCUT2D eigenvalue weighted by molar-refractivity contribution is 5.64. The molecule has 2 rings (SSSR count). The molecule has 2 N–H and O–H groups in total. The lowest BCUT2D eigenvalue weighted by Gasteiger charge is -2.06. The molecule has 0 spiro atoms. The van der Waals surface area contributed by atoms with Gasteiger partial charge in [0.25, 0.3) is 0 Å². The minimum Gasteiger partial charge on any atom is -0.497 e. The Morgan fingerprint density at radius 3 is 2.65 bits per heavy atom. The van der Waals surface area contributed by atoms with Crippen LogP contribution in [0.15, 0.2) is 28.8 Å². The summed E-state index contributed by atoms with van der Waals surface area (Å²) in [6.07, 6.45) is 0. The van der Waals surface area contributed by atoms with Crippen LogP contribution in [-0.2, 0) is 11.3 Å². The van der Waals surface area contributed by atoms with E-state index in [0.29, 0.717) is 12.3 Å². The SMILES string of the molecule is COCc1cc(OC)cc(-c2cc(N)on2)c1. The number of ether oxygens (including phenoxy) is 2. The summed E-state index contributed by atoms with van der Waals surface area (Å²) >= 11 is 0. The van der Waals surface area contributed by atoms with Crippen molar-refractivity contribution in [3.05, 3.63) is 29.8 Å². The Bertz CT molecular complexity index is 508. The average Bonchev–Trinajstić information content (AvgIpc) is 2.76. The van der Waals surface area contributed by atoms with Gasteiger partial charge >= 0.3 is 0 Å². The van der Waals surface area contributed by atoms with Gasteiger partial charge in [0.05, 0.1) is 13.7 Å². The van der Waals surface area contributed by atoms with Gasteiger partial charge in [-0.3, -0.25) is 0 Å². The molecule has 90 valence electrons. The molecule has 0 aliphatic rings. The van der Waals surface area contributed by atoms with Crippen molar-refractivity contribution >= 4 is 5.88 Å². The molecule has 2 aromatic rings. The van der Waals surface area contributed by atoms with Crippen LogP contribution in [0, 0.1) is 0 Å². The number of methoxy groups -OCH3 is 2. The normalized spacial score (nSPS) is 10.5. The molecular formula is C12H14N2O3. The number of aromatic nitrogens is 1. The van der Waals surface area contributed by atoms with Gasteiger partial charge in [-0.05, 0) is 23.8 Å². The van der Waals surface area contributed by atoms with Crippen molar-refractivity contribution in [1.82, 2.24) is 5.16 Å². The maximum Gasteiger partial charge on any atom is 0.222 e. The van der Waals surface area contributed by atoms with Gasteiger partial charge in [-0.25, -0.2) is 0 Å². The van der Waals surface area contributed by atoms with E-state index in [9.17, 15) is 0 Å². The summed E-state index contributed by atoms with van der Waals surface area (Å²) in [5.74, 6) is 1.03. The van der Waals surface area contributed by atoms with Crippen LogP contribution in [0.25, 0.3) is 11.3 Å². The molecule has 0 amide bonds. The van der Waals surface area contributed by atoms with Gasteiger partial charge in [-0.2, -0.15) is 0 Å². The molecule has 0 aliphatic carbocycles. The lowest BCUT2D eigenvalue weighted by molar-refractivity contribution is 0.184. The quantitative estimate of drug-likeness (QED) is 0.876. The zero-order valence-corrected chi connectivity index (χ0v) is 9.77. The van der Waals surface area contributed by atoms with E-state index in [1.165, 1.54) is 0 Å². The van der Waals surface area contributed by atoms with E-state index in [2.05, 4.69) is 5.16 Å². The molecule has 0 saturated carbocycles. The van der Waals surface area contributed by atoms with E-state index >= 15 is 0 Å². The van der Waals surface area contributed by atoms with Crippen molar-refractivity contribution < 1.29 is 14.0 Å². The van der Waals surface area contributed by atoms with Crippen molar-refractivity contribution in [2.24, 2.45) is 0 Å². The lowest BCUT2D eigenvalue weighted by atomic mass is 10.1. The van der Waals surface area contributed by atoms with Crippen LogP contribution >= 0.6 is 0 Å². The highest BCUT2D eigenvalue weighted by atomic mass is 16.5. The Balaban J connectivity index is 2.42. The van der Waals surface area contributed by atoms with Crippen LogP contribution < -0.4 is 10.5 Å². The molecule has 0 unspecified atom stereocenters. The van der Waals surface area contributed by atoms with E-state index < -0.39 is 0 Å². The second-order valence-electron chi connectivity index (χ2n) is 3.62. The number of rotatable bonds is 4. The molecule has 17 heavy (non-hydrogen) atoms. The Labute approximate surface area is 99.1 Å². The summed E-state index contributed by atoms with van der Waals surface area (Å²) in [5, 5.41) is 3.87. The fourth-order valence-electron chi connectivity index (χ4n) is 1.60. The highest BCUT2D eigenvalue weighted by Crippen LogP contribution is 2.26. The predicted molar refractivity (Wildman–Crippen MR) is 63.6 cm³/mol. The third kappa shape index (κ3) is 2.57. The van der Waals surface area contributed by atoms with Crippen molar-refractivity contribution in [2.75, 3.05) is 20.0 Å². The van der Waals surface area contributed by atoms with E-state index in [4.69, 9.17) is 19.7 Å². The summed E-state index contributed by atoms with van der Waals surface area (Å²) in [6, 6.07) is 7.42. The van der Waals surface area contributed by atoms with Crippen molar-refractivity contribution in [3.63, 3.8) is 0 Å². The lowest BCUT2D eigenvalue weighted by Crippen LogP contribution is -1.92. The Morgan fingerprint density at radius 1 is 1.24 bits per heavy atom. The number of nitrogens with two attached hydrogens (primary N) is 1. The minimum absolute atomic E-state index is 0.288. The van der Waals surface area contributed by atoms with Crippen LogP contribution in [0.2, 0.25) is 0 Å². The Hall–Kier alpha value is -2.01. The predicted octanol–water partition coefficient (Wildman–Crippen LogP) is 2.08. The van der Waals surface area contributed by atoms with Gasteiger partial charge in [0, 0.05) is 18.7 Å². The molecule has 1 aromatic carbocycles. The molecule has 0 bridgehead atoms. The summed E-state index contributed by atoms with van der Waals surface area (Å²) in [4.78, 5) is 0. The Kier molecular flexibility index (Phi) is 3.30. The molecular weight excluding hydrogens is 220 g/mol. The topological polar surface area (TPSA) is 70.5 Å². The van der Waals surface area contributed by atoms with E-state index in [-0.39, 0.29) is 5.88 Å². The fraction of sp³-hybridized carbons (Fsp3) is 0.250. The zero-order chi connectivity index (χ0) is 12.3. The molecule has 0 fully saturated rings. The van der Waals surface area contributed by atoms with Gasteiger partial charge in [-0.15, -0.1) is 0 Å². The van der Waals surface area contributed by atoms with E-state index in [0.717, 1.165) is 16.9 Å².